The lowest BCUT2D eigenvalue weighted by Gasteiger charge is -2.70. The lowest BCUT2D eigenvalue weighted by molar-refractivity contribution is -0.179. The second kappa shape index (κ2) is 2.25. The van der Waals surface area contributed by atoms with Gasteiger partial charge >= 0.3 is 5.97 Å². The van der Waals surface area contributed by atoms with Crippen molar-refractivity contribution in [1.82, 2.24) is 5.32 Å². The number of nitrogens with one attached hydrogen (secondary N) is 1. The molecule has 1 amide bonds. The maximum absolute atomic E-state index is 10.8. The highest BCUT2D eigenvalue weighted by atomic mass is 16.4. The second-order valence-electron chi connectivity index (χ2n) is 4.56. The van der Waals surface area contributed by atoms with Gasteiger partial charge < -0.3 is 10.4 Å². The monoisotopic (exact) mass is 183 g/mol. The molecule has 0 heterocycles. The molecule has 2 N–H and O–H groups in total. The maximum atomic E-state index is 10.8. The van der Waals surface area contributed by atoms with Gasteiger partial charge in [-0.05, 0) is 24.7 Å². The molecule has 3 aliphatic rings. The van der Waals surface area contributed by atoms with Gasteiger partial charge in [-0.3, -0.25) is 9.59 Å². The first-order chi connectivity index (χ1) is 5.95. The predicted molar refractivity (Wildman–Crippen MR) is 45.1 cm³/mol. The van der Waals surface area contributed by atoms with Crippen LogP contribution in [0.25, 0.3) is 0 Å². The SMILES string of the molecule is CC(=O)NC12CC(CC(=O)O)(C1)C2. The van der Waals surface area contributed by atoms with Crippen LogP contribution in [0.15, 0.2) is 0 Å². The molecule has 0 aromatic carbocycles. The third-order valence-electron chi connectivity index (χ3n) is 3.11. The number of carbonyl (C=O) groups excluding carboxylic acids is 1. The Balaban J connectivity index is 1.86. The number of carboxylic acid groups (broad SMARTS) is 1. The Labute approximate surface area is 76.3 Å². The molecule has 13 heavy (non-hydrogen) atoms. The summed E-state index contributed by atoms with van der Waals surface area (Å²) < 4.78 is 0. The molecule has 0 unspecified atom stereocenters. The minimum absolute atomic E-state index is 0.0105. The number of amides is 1. The fraction of sp³-hybridized carbons (Fsp3) is 0.778. The molecule has 3 rings (SSSR count). The first kappa shape index (κ1) is 8.53. The van der Waals surface area contributed by atoms with Gasteiger partial charge in [0.15, 0.2) is 0 Å². The molecule has 0 aromatic heterocycles. The summed E-state index contributed by atoms with van der Waals surface area (Å²) in [5, 5.41) is 11.5. The Hall–Kier alpha value is -1.06. The third-order valence-corrected chi connectivity index (χ3v) is 3.11. The van der Waals surface area contributed by atoms with Gasteiger partial charge in [0, 0.05) is 12.5 Å². The number of carboxylic acids is 1. The average Bonchev–Trinajstić information content (AvgIpc) is 1.77. The zero-order valence-electron chi connectivity index (χ0n) is 7.59. The molecule has 0 radical (unpaired) electrons. The van der Waals surface area contributed by atoms with E-state index in [-0.39, 0.29) is 23.3 Å². The summed E-state index contributed by atoms with van der Waals surface area (Å²) in [4.78, 5) is 21.2. The van der Waals surface area contributed by atoms with E-state index in [9.17, 15) is 9.59 Å². The molecule has 4 heteroatoms. The van der Waals surface area contributed by atoms with E-state index >= 15 is 0 Å². The summed E-state index contributed by atoms with van der Waals surface area (Å²) in [5.41, 5.74) is -0.00440. The molecule has 0 spiro atoms. The van der Waals surface area contributed by atoms with Crippen LogP contribution in [0.2, 0.25) is 0 Å². The van der Waals surface area contributed by atoms with Crippen LogP contribution in [0.5, 0.6) is 0 Å². The van der Waals surface area contributed by atoms with Gasteiger partial charge in [0.05, 0.1) is 6.42 Å². The molecule has 3 saturated carbocycles. The van der Waals surface area contributed by atoms with Gasteiger partial charge in [-0.25, -0.2) is 0 Å². The van der Waals surface area contributed by atoms with Crippen LogP contribution < -0.4 is 5.32 Å². The van der Waals surface area contributed by atoms with Gasteiger partial charge in [-0.2, -0.15) is 0 Å². The molecule has 0 aromatic rings. The summed E-state index contributed by atoms with van der Waals surface area (Å²) in [5.74, 6) is -0.736. The second-order valence-corrected chi connectivity index (χ2v) is 4.56. The van der Waals surface area contributed by atoms with Crippen molar-refractivity contribution >= 4 is 11.9 Å². The third kappa shape index (κ3) is 1.20. The zero-order chi connectivity index (χ0) is 9.69. The Morgan fingerprint density at radius 1 is 1.38 bits per heavy atom. The Bertz CT molecular complexity index is 239. The highest BCUT2D eigenvalue weighted by molar-refractivity contribution is 5.75. The normalized spacial score (nSPS) is 40.1. The molecular formula is C9H13NO3. The van der Waals surface area contributed by atoms with Crippen molar-refractivity contribution in [3.8, 4) is 0 Å². The number of hydrogen-bond acceptors (Lipinski definition) is 2. The molecule has 3 aliphatic carbocycles. The fourth-order valence-electron chi connectivity index (χ4n) is 3.01. The molecule has 0 saturated heterocycles. The molecule has 72 valence electrons. The van der Waals surface area contributed by atoms with Crippen molar-refractivity contribution in [2.45, 2.75) is 38.1 Å². The van der Waals surface area contributed by atoms with Crippen molar-refractivity contribution in [2.24, 2.45) is 5.41 Å². The summed E-state index contributed by atoms with van der Waals surface area (Å²) in [6.07, 6.45) is 2.82. The molecule has 2 bridgehead atoms. The van der Waals surface area contributed by atoms with Gasteiger partial charge in [-0.1, -0.05) is 0 Å². The fourth-order valence-corrected chi connectivity index (χ4v) is 3.01. The summed E-state index contributed by atoms with van der Waals surface area (Å²) in [7, 11) is 0. The largest absolute Gasteiger partial charge is 0.481 e. The first-order valence-corrected chi connectivity index (χ1v) is 4.46. The van der Waals surface area contributed by atoms with Crippen molar-refractivity contribution in [1.29, 1.82) is 0 Å². The van der Waals surface area contributed by atoms with Crippen LogP contribution in [-0.2, 0) is 9.59 Å². The smallest absolute Gasteiger partial charge is 0.303 e. The lowest BCUT2D eigenvalue weighted by atomic mass is 9.38. The van der Waals surface area contributed by atoms with Crippen LogP contribution in [0, 0.1) is 5.41 Å². The van der Waals surface area contributed by atoms with E-state index < -0.39 is 5.97 Å². The lowest BCUT2D eigenvalue weighted by Crippen LogP contribution is -2.74. The Morgan fingerprint density at radius 2 is 1.92 bits per heavy atom. The molecule has 4 nitrogen and oxygen atoms in total. The van der Waals surface area contributed by atoms with Crippen molar-refractivity contribution in [3.05, 3.63) is 0 Å². The van der Waals surface area contributed by atoms with Crippen LogP contribution in [0.1, 0.15) is 32.6 Å². The molecule has 0 aliphatic heterocycles. The van der Waals surface area contributed by atoms with E-state index in [1.165, 1.54) is 6.92 Å². The Morgan fingerprint density at radius 3 is 2.31 bits per heavy atom. The number of rotatable bonds is 3. The predicted octanol–water partition coefficient (Wildman–Crippen LogP) is 0.520. The van der Waals surface area contributed by atoms with E-state index in [0.717, 1.165) is 19.3 Å². The molecule has 3 fully saturated rings. The number of hydrogen-bond donors (Lipinski definition) is 2. The summed E-state index contributed by atoms with van der Waals surface area (Å²) in [6, 6.07) is 0. The standard InChI is InChI=1S/C9H13NO3/c1-6(11)10-9-3-8(4-9,5-9)2-7(12)13/h2-5H2,1H3,(H,10,11)(H,12,13). The van der Waals surface area contributed by atoms with Crippen molar-refractivity contribution < 1.29 is 14.7 Å². The summed E-state index contributed by atoms with van der Waals surface area (Å²) in [6.45, 7) is 1.50. The van der Waals surface area contributed by atoms with Crippen LogP contribution in [-0.4, -0.2) is 22.5 Å². The highest BCUT2D eigenvalue weighted by Gasteiger charge is 2.68. The minimum Gasteiger partial charge on any atom is -0.481 e. The van der Waals surface area contributed by atoms with Gasteiger partial charge in [0.25, 0.3) is 0 Å². The van der Waals surface area contributed by atoms with Gasteiger partial charge in [0.1, 0.15) is 0 Å². The zero-order valence-corrected chi connectivity index (χ0v) is 7.59. The van der Waals surface area contributed by atoms with Crippen molar-refractivity contribution in [2.75, 3.05) is 0 Å². The summed E-state index contributed by atoms with van der Waals surface area (Å²) >= 11 is 0. The van der Waals surface area contributed by atoms with Gasteiger partial charge in [0.2, 0.25) is 5.91 Å². The minimum atomic E-state index is -0.726. The maximum Gasteiger partial charge on any atom is 0.303 e. The van der Waals surface area contributed by atoms with E-state index in [1.807, 2.05) is 0 Å². The molecule has 0 atom stereocenters. The van der Waals surface area contributed by atoms with Gasteiger partial charge in [-0.15, -0.1) is 0 Å². The highest BCUT2D eigenvalue weighted by Crippen LogP contribution is 2.68. The van der Waals surface area contributed by atoms with Crippen molar-refractivity contribution in [3.63, 3.8) is 0 Å². The van der Waals surface area contributed by atoms with Crippen LogP contribution >= 0.6 is 0 Å². The number of aliphatic carboxylic acids is 1. The first-order valence-electron chi connectivity index (χ1n) is 4.46. The molecular weight excluding hydrogens is 170 g/mol. The van der Waals surface area contributed by atoms with E-state index in [0.29, 0.717) is 0 Å². The average molecular weight is 183 g/mol. The van der Waals surface area contributed by atoms with Crippen LogP contribution in [0.4, 0.5) is 0 Å². The van der Waals surface area contributed by atoms with E-state index in [1.54, 1.807) is 0 Å². The van der Waals surface area contributed by atoms with E-state index in [4.69, 9.17) is 5.11 Å². The number of carbonyl (C=O) groups is 2. The van der Waals surface area contributed by atoms with Crippen LogP contribution in [0.3, 0.4) is 0 Å². The topological polar surface area (TPSA) is 66.4 Å². The Kier molecular flexibility index (Phi) is 1.47. The van der Waals surface area contributed by atoms with E-state index in [2.05, 4.69) is 5.32 Å². The quantitative estimate of drug-likeness (QED) is 0.670.